The average Bonchev–Trinajstić information content (AvgIpc) is 3.57. The van der Waals surface area contributed by atoms with Gasteiger partial charge in [0, 0.05) is 4.88 Å². The molecule has 0 radical (unpaired) electrons. The summed E-state index contributed by atoms with van der Waals surface area (Å²) in [7, 11) is 0. The molecule has 8 nitrogen and oxygen atoms in total. The molecule has 3 aromatic rings. The van der Waals surface area contributed by atoms with Crippen LogP contribution in [-0.4, -0.2) is 34.6 Å². The number of rotatable bonds is 7. The van der Waals surface area contributed by atoms with Crippen molar-refractivity contribution in [1.82, 2.24) is 10.2 Å². The monoisotopic (exact) mass is 505 g/mol. The van der Waals surface area contributed by atoms with Crippen LogP contribution < -0.4 is 10.6 Å². The minimum atomic E-state index is -1.02. The molecule has 1 aromatic carbocycles. The molecule has 5 rings (SSSR count). The Hall–Kier alpha value is -3.72. The van der Waals surface area contributed by atoms with Gasteiger partial charge in [0.05, 0.1) is 29.5 Å². The van der Waals surface area contributed by atoms with Gasteiger partial charge in [-0.05, 0) is 61.4 Å². The summed E-state index contributed by atoms with van der Waals surface area (Å²) in [4.78, 5) is 55.2. The Morgan fingerprint density at radius 1 is 1.03 bits per heavy atom. The van der Waals surface area contributed by atoms with Crippen LogP contribution in [0.5, 0.6) is 0 Å². The van der Waals surface area contributed by atoms with Crippen LogP contribution in [0.1, 0.15) is 74.0 Å². The number of nitrogens with zero attached hydrogens (tertiary/aromatic N) is 1. The number of nitrogens with one attached hydrogen (secondary N) is 2. The SMILES string of the molecule is CC(C)C(C(=O)Nc1sc2c(c1C(=O)NCc1ccco1)CCCC2)N1C(=O)c2ccccc2C1=O. The van der Waals surface area contributed by atoms with Crippen molar-refractivity contribution in [2.24, 2.45) is 5.92 Å². The second-order valence-corrected chi connectivity index (χ2v) is 10.5. The van der Waals surface area contributed by atoms with E-state index in [-0.39, 0.29) is 18.4 Å². The molecule has 186 valence electrons. The van der Waals surface area contributed by atoms with Crippen LogP contribution >= 0.6 is 11.3 Å². The van der Waals surface area contributed by atoms with Crippen molar-refractivity contribution >= 4 is 40.0 Å². The molecule has 2 aliphatic rings. The zero-order valence-corrected chi connectivity index (χ0v) is 20.9. The predicted octanol–water partition coefficient (Wildman–Crippen LogP) is 4.41. The highest BCUT2D eigenvalue weighted by Gasteiger charge is 2.44. The number of anilines is 1. The lowest BCUT2D eigenvalue weighted by Gasteiger charge is -2.28. The first kappa shape index (κ1) is 24.0. The van der Waals surface area contributed by atoms with E-state index in [1.165, 1.54) is 11.3 Å². The number of hydrogen-bond acceptors (Lipinski definition) is 6. The van der Waals surface area contributed by atoms with Crippen LogP contribution in [0, 0.1) is 5.92 Å². The van der Waals surface area contributed by atoms with E-state index < -0.39 is 23.8 Å². The Morgan fingerprint density at radius 2 is 1.72 bits per heavy atom. The fourth-order valence-electron chi connectivity index (χ4n) is 4.93. The van der Waals surface area contributed by atoms with Gasteiger partial charge in [-0.15, -0.1) is 11.3 Å². The maximum absolute atomic E-state index is 13.6. The summed E-state index contributed by atoms with van der Waals surface area (Å²) in [6, 6.07) is 9.10. The number of carbonyl (C=O) groups is 4. The van der Waals surface area contributed by atoms with Crippen LogP contribution in [0.3, 0.4) is 0 Å². The molecule has 0 bridgehead atoms. The smallest absolute Gasteiger partial charge is 0.262 e. The molecule has 4 amide bonds. The molecule has 0 saturated carbocycles. The summed E-state index contributed by atoms with van der Waals surface area (Å²) in [5.74, 6) is -1.44. The van der Waals surface area contributed by atoms with Gasteiger partial charge in [0.1, 0.15) is 16.8 Å². The summed E-state index contributed by atoms with van der Waals surface area (Å²) >= 11 is 1.40. The van der Waals surface area contributed by atoms with Crippen molar-refractivity contribution in [1.29, 1.82) is 0 Å². The van der Waals surface area contributed by atoms with Gasteiger partial charge in [0.15, 0.2) is 0 Å². The van der Waals surface area contributed by atoms with Crippen molar-refractivity contribution in [2.45, 2.75) is 52.1 Å². The van der Waals surface area contributed by atoms with Crippen LogP contribution in [0.4, 0.5) is 5.00 Å². The molecule has 1 atom stereocenters. The van der Waals surface area contributed by atoms with Gasteiger partial charge < -0.3 is 15.1 Å². The van der Waals surface area contributed by atoms with Gasteiger partial charge in [-0.2, -0.15) is 0 Å². The number of thiophene rings is 1. The molecule has 3 heterocycles. The number of benzene rings is 1. The number of imide groups is 1. The molecule has 0 spiro atoms. The van der Waals surface area contributed by atoms with E-state index in [1.807, 2.05) is 0 Å². The molecule has 9 heteroatoms. The fourth-order valence-corrected chi connectivity index (χ4v) is 6.22. The van der Waals surface area contributed by atoms with E-state index in [2.05, 4.69) is 10.6 Å². The average molecular weight is 506 g/mol. The van der Waals surface area contributed by atoms with E-state index in [0.29, 0.717) is 27.5 Å². The second-order valence-electron chi connectivity index (χ2n) is 9.38. The molecule has 2 N–H and O–H groups in total. The molecular formula is C27H27N3O5S. The molecule has 0 saturated heterocycles. The minimum Gasteiger partial charge on any atom is -0.467 e. The largest absolute Gasteiger partial charge is 0.467 e. The number of hydrogen-bond donors (Lipinski definition) is 2. The lowest BCUT2D eigenvalue weighted by molar-refractivity contribution is -0.121. The summed E-state index contributed by atoms with van der Waals surface area (Å²) in [6.07, 6.45) is 5.15. The van der Waals surface area contributed by atoms with Crippen molar-refractivity contribution in [3.05, 3.63) is 75.6 Å². The van der Waals surface area contributed by atoms with Gasteiger partial charge in [-0.3, -0.25) is 24.1 Å². The van der Waals surface area contributed by atoms with Crippen LogP contribution in [0.25, 0.3) is 0 Å². The van der Waals surface area contributed by atoms with E-state index in [9.17, 15) is 19.2 Å². The van der Waals surface area contributed by atoms with E-state index >= 15 is 0 Å². The van der Waals surface area contributed by atoms with Gasteiger partial charge >= 0.3 is 0 Å². The molecule has 1 aliphatic carbocycles. The quantitative estimate of drug-likeness (QED) is 0.463. The summed E-state index contributed by atoms with van der Waals surface area (Å²) < 4.78 is 5.32. The van der Waals surface area contributed by atoms with Crippen molar-refractivity contribution < 1.29 is 23.6 Å². The highest BCUT2D eigenvalue weighted by atomic mass is 32.1. The normalized spacial score (nSPS) is 15.6. The lowest BCUT2D eigenvalue weighted by Crippen LogP contribution is -2.50. The van der Waals surface area contributed by atoms with Crippen LogP contribution in [-0.2, 0) is 24.2 Å². The number of carbonyl (C=O) groups excluding carboxylic acids is 4. The summed E-state index contributed by atoms with van der Waals surface area (Å²) in [5.41, 5.74) is 2.01. The van der Waals surface area contributed by atoms with Crippen molar-refractivity contribution in [3.8, 4) is 0 Å². The third kappa shape index (κ3) is 4.24. The van der Waals surface area contributed by atoms with Crippen LogP contribution in [0.2, 0.25) is 0 Å². The number of amides is 4. The van der Waals surface area contributed by atoms with Crippen LogP contribution in [0.15, 0.2) is 47.1 Å². The molecule has 36 heavy (non-hydrogen) atoms. The topological polar surface area (TPSA) is 109 Å². The Morgan fingerprint density at radius 3 is 2.36 bits per heavy atom. The predicted molar refractivity (Wildman–Crippen MR) is 135 cm³/mol. The maximum Gasteiger partial charge on any atom is 0.262 e. The van der Waals surface area contributed by atoms with Gasteiger partial charge in [-0.1, -0.05) is 26.0 Å². The number of aryl methyl sites for hydroxylation is 1. The molecular weight excluding hydrogens is 478 g/mol. The Bertz CT molecular complexity index is 1310. The summed E-state index contributed by atoms with van der Waals surface area (Å²) in [6.45, 7) is 3.82. The summed E-state index contributed by atoms with van der Waals surface area (Å²) in [5, 5.41) is 6.26. The standard InChI is InChI=1S/C27H27N3O5S/c1-15(2)22(30-26(33)17-9-3-4-10-18(17)27(30)34)24(32)29-25-21(19-11-5-6-12-20(19)36-25)23(31)28-14-16-8-7-13-35-16/h3-4,7-10,13,15,22H,5-6,11-12,14H2,1-2H3,(H,28,31)(H,29,32). The van der Waals surface area contributed by atoms with Gasteiger partial charge in [-0.25, -0.2) is 0 Å². The van der Waals surface area contributed by atoms with Crippen molar-refractivity contribution in [3.63, 3.8) is 0 Å². The Labute approximate surface area is 212 Å². The third-order valence-corrected chi connectivity index (χ3v) is 7.85. The lowest BCUT2D eigenvalue weighted by atomic mass is 9.95. The molecule has 1 aliphatic heterocycles. The first-order chi connectivity index (χ1) is 17.4. The Kier molecular flexibility index (Phi) is 6.49. The second kappa shape index (κ2) is 9.73. The number of furan rings is 1. The minimum absolute atomic E-state index is 0.230. The van der Waals surface area contributed by atoms with E-state index in [4.69, 9.17) is 4.42 Å². The highest BCUT2D eigenvalue weighted by molar-refractivity contribution is 7.17. The zero-order valence-electron chi connectivity index (χ0n) is 20.1. The zero-order chi connectivity index (χ0) is 25.4. The molecule has 1 unspecified atom stereocenters. The third-order valence-electron chi connectivity index (χ3n) is 6.64. The first-order valence-corrected chi connectivity index (χ1v) is 12.9. The maximum atomic E-state index is 13.6. The first-order valence-electron chi connectivity index (χ1n) is 12.1. The molecule has 2 aromatic heterocycles. The van der Waals surface area contributed by atoms with Gasteiger partial charge in [0.2, 0.25) is 5.91 Å². The number of fused-ring (bicyclic) bond motifs is 2. The van der Waals surface area contributed by atoms with Gasteiger partial charge in [0.25, 0.3) is 17.7 Å². The molecule has 0 fully saturated rings. The fraction of sp³-hybridized carbons (Fsp3) is 0.333. The van der Waals surface area contributed by atoms with Crippen molar-refractivity contribution in [2.75, 3.05) is 5.32 Å². The van der Waals surface area contributed by atoms with E-state index in [1.54, 1.807) is 56.5 Å². The van der Waals surface area contributed by atoms with E-state index in [0.717, 1.165) is 41.0 Å². The Balaban J connectivity index is 1.43. The highest BCUT2D eigenvalue weighted by Crippen LogP contribution is 2.39.